The zero-order chi connectivity index (χ0) is 14.8. The third kappa shape index (κ3) is 5.54. The molecule has 1 N–H and O–H groups in total. The molecule has 20 heavy (non-hydrogen) atoms. The minimum Gasteiger partial charge on any atom is -0.484 e. The molecule has 0 unspecified atom stereocenters. The topological polar surface area (TPSA) is 73.6 Å². The van der Waals surface area contributed by atoms with E-state index >= 15 is 0 Å². The molecule has 0 aliphatic carbocycles. The van der Waals surface area contributed by atoms with Gasteiger partial charge in [0.1, 0.15) is 6.61 Å². The molecule has 1 aromatic carbocycles. The van der Waals surface area contributed by atoms with E-state index in [0.29, 0.717) is 32.1 Å². The summed E-state index contributed by atoms with van der Waals surface area (Å²) in [6, 6.07) is 4.95. The summed E-state index contributed by atoms with van der Waals surface area (Å²) >= 11 is 0. The number of rotatable bonds is 10. The highest BCUT2D eigenvalue weighted by Crippen LogP contribution is 2.27. The van der Waals surface area contributed by atoms with Gasteiger partial charge in [0, 0.05) is 19.2 Å². The van der Waals surface area contributed by atoms with Crippen molar-refractivity contribution in [3.8, 4) is 5.75 Å². The summed E-state index contributed by atoms with van der Waals surface area (Å²) in [7, 11) is 0. The van der Waals surface area contributed by atoms with E-state index in [2.05, 4.69) is 12.2 Å². The first-order valence-electron chi connectivity index (χ1n) is 6.87. The molecule has 0 saturated heterocycles. The van der Waals surface area contributed by atoms with E-state index in [9.17, 15) is 10.1 Å². The predicted octanol–water partition coefficient (Wildman–Crippen LogP) is 2.51. The first-order chi connectivity index (χ1) is 9.69. The lowest BCUT2D eigenvalue weighted by molar-refractivity contribution is -0.385. The van der Waals surface area contributed by atoms with Crippen molar-refractivity contribution in [2.24, 2.45) is 0 Å². The van der Waals surface area contributed by atoms with Gasteiger partial charge in [-0.25, -0.2) is 0 Å². The van der Waals surface area contributed by atoms with Crippen LogP contribution in [0.3, 0.4) is 0 Å². The van der Waals surface area contributed by atoms with Gasteiger partial charge in [0.05, 0.1) is 11.5 Å². The van der Waals surface area contributed by atoms with Gasteiger partial charge in [0.25, 0.3) is 0 Å². The molecule has 112 valence electrons. The summed E-state index contributed by atoms with van der Waals surface area (Å²) in [6.07, 6.45) is 1.05. The first kappa shape index (κ1) is 16.4. The maximum Gasteiger partial charge on any atom is 0.310 e. The van der Waals surface area contributed by atoms with Crippen molar-refractivity contribution in [1.29, 1.82) is 0 Å². The largest absolute Gasteiger partial charge is 0.484 e. The van der Waals surface area contributed by atoms with Crippen LogP contribution in [0.5, 0.6) is 5.75 Å². The number of ether oxygens (including phenoxy) is 2. The zero-order valence-corrected chi connectivity index (χ0v) is 12.1. The Labute approximate surface area is 119 Å². The second-order valence-electron chi connectivity index (χ2n) is 4.28. The standard InChI is InChI=1S/C14H22N2O4/c1-3-7-15-11-12-5-6-13(16(17)18)14(10-12)20-9-8-19-4-2/h5-6,10,15H,3-4,7-9,11H2,1-2H3. The van der Waals surface area contributed by atoms with Gasteiger partial charge in [-0.3, -0.25) is 10.1 Å². The summed E-state index contributed by atoms with van der Waals surface area (Å²) in [4.78, 5) is 10.5. The van der Waals surface area contributed by atoms with E-state index in [1.165, 1.54) is 6.07 Å². The highest BCUT2D eigenvalue weighted by atomic mass is 16.6. The second-order valence-corrected chi connectivity index (χ2v) is 4.28. The minimum atomic E-state index is -0.431. The molecular formula is C14H22N2O4. The smallest absolute Gasteiger partial charge is 0.310 e. The fourth-order valence-corrected chi connectivity index (χ4v) is 1.70. The van der Waals surface area contributed by atoms with Crippen molar-refractivity contribution in [2.45, 2.75) is 26.8 Å². The fourth-order valence-electron chi connectivity index (χ4n) is 1.70. The van der Waals surface area contributed by atoms with Crippen molar-refractivity contribution >= 4 is 5.69 Å². The van der Waals surface area contributed by atoms with Crippen LogP contribution in [0, 0.1) is 10.1 Å². The Bertz CT molecular complexity index is 424. The number of benzene rings is 1. The van der Waals surface area contributed by atoms with Crippen molar-refractivity contribution in [2.75, 3.05) is 26.4 Å². The maximum absolute atomic E-state index is 11.0. The van der Waals surface area contributed by atoms with E-state index in [-0.39, 0.29) is 5.69 Å². The van der Waals surface area contributed by atoms with Crippen LogP contribution in [0.1, 0.15) is 25.8 Å². The average Bonchev–Trinajstić information content (AvgIpc) is 2.44. The molecule has 0 saturated carbocycles. The van der Waals surface area contributed by atoms with Gasteiger partial charge in [0.2, 0.25) is 0 Å². The molecule has 0 aromatic heterocycles. The molecule has 0 heterocycles. The molecule has 0 amide bonds. The molecule has 6 heteroatoms. The number of hydrogen-bond acceptors (Lipinski definition) is 5. The third-order valence-electron chi connectivity index (χ3n) is 2.67. The Morgan fingerprint density at radius 1 is 1.30 bits per heavy atom. The Morgan fingerprint density at radius 3 is 2.75 bits per heavy atom. The maximum atomic E-state index is 11.0. The van der Waals surface area contributed by atoms with Crippen molar-refractivity contribution in [1.82, 2.24) is 5.32 Å². The molecule has 0 bridgehead atoms. The van der Waals surface area contributed by atoms with Crippen LogP contribution in [0.4, 0.5) is 5.69 Å². The molecule has 0 aliphatic heterocycles. The fraction of sp³-hybridized carbons (Fsp3) is 0.571. The number of nitrogens with one attached hydrogen (secondary N) is 1. The molecule has 0 fully saturated rings. The van der Waals surface area contributed by atoms with Crippen LogP contribution in [0.15, 0.2) is 18.2 Å². The Hall–Kier alpha value is -1.66. The molecule has 0 atom stereocenters. The monoisotopic (exact) mass is 282 g/mol. The summed E-state index contributed by atoms with van der Waals surface area (Å²) in [6.45, 7) is 6.90. The van der Waals surface area contributed by atoms with Crippen LogP contribution >= 0.6 is 0 Å². The summed E-state index contributed by atoms with van der Waals surface area (Å²) in [5.41, 5.74) is 0.955. The molecule has 0 radical (unpaired) electrons. The van der Waals surface area contributed by atoms with E-state index in [1.807, 2.05) is 6.92 Å². The van der Waals surface area contributed by atoms with Gasteiger partial charge >= 0.3 is 5.69 Å². The van der Waals surface area contributed by atoms with Gasteiger partial charge < -0.3 is 14.8 Å². The van der Waals surface area contributed by atoms with E-state index in [4.69, 9.17) is 9.47 Å². The van der Waals surface area contributed by atoms with Gasteiger partial charge in [0.15, 0.2) is 5.75 Å². The van der Waals surface area contributed by atoms with E-state index in [1.54, 1.807) is 12.1 Å². The lowest BCUT2D eigenvalue weighted by atomic mass is 10.2. The van der Waals surface area contributed by atoms with Crippen LogP contribution in [0.25, 0.3) is 0 Å². The number of nitrogens with zero attached hydrogens (tertiary/aromatic N) is 1. The molecule has 1 aromatic rings. The minimum absolute atomic E-state index is 0.0132. The van der Waals surface area contributed by atoms with Crippen LogP contribution in [-0.4, -0.2) is 31.3 Å². The lowest BCUT2D eigenvalue weighted by Crippen LogP contribution is -2.14. The summed E-state index contributed by atoms with van der Waals surface area (Å²) in [5.74, 6) is 0.297. The quantitative estimate of drug-likeness (QED) is 0.405. The first-order valence-corrected chi connectivity index (χ1v) is 6.87. The van der Waals surface area contributed by atoms with Crippen LogP contribution < -0.4 is 10.1 Å². The lowest BCUT2D eigenvalue weighted by Gasteiger charge is -2.09. The Balaban J connectivity index is 2.69. The van der Waals surface area contributed by atoms with Crippen LogP contribution in [0.2, 0.25) is 0 Å². The summed E-state index contributed by atoms with van der Waals surface area (Å²) < 4.78 is 10.6. The average molecular weight is 282 g/mol. The van der Waals surface area contributed by atoms with Crippen molar-refractivity contribution in [3.63, 3.8) is 0 Å². The Morgan fingerprint density at radius 2 is 2.10 bits per heavy atom. The van der Waals surface area contributed by atoms with E-state index in [0.717, 1.165) is 18.5 Å². The van der Waals surface area contributed by atoms with Gasteiger partial charge in [-0.15, -0.1) is 0 Å². The van der Waals surface area contributed by atoms with E-state index < -0.39 is 4.92 Å². The normalized spacial score (nSPS) is 10.5. The third-order valence-corrected chi connectivity index (χ3v) is 2.67. The van der Waals surface area contributed by atoms with Gasteiger partial charge in [-0.2, -0.15) is 0 Å². The Kier molecular flexibility index (Phi) is 7.60. The highest BCUT2D eigenvalue weighted by Gasteiger charge is 2.15. The second kappa shape index (κ2) is 9.28. The van der Waals surface area contributed by atoms with Gasteiger partial charge in [-0.05, 0) is 31.5 Å². The highest BCUT2D eigenvalue weighted by molar-refractivity contribution is 5.48. The van der Waals surface area contributed by atoms with Crippen molar-refractivity contribution in [3.05, 3.63) is 33.9 Å². The SMILES string of the molecule is CCCNCc1ccc([N+](=O)[O-])c(OCCOCC)c1. The molecule has 0 spiro atoms. The number of nitro groups is 1. The molecule has 1 rings (SSSR count). The zero-order valence-electron chi connectivity index (χ0n) is 12.1. The molecule has 6 nitrogen and oxygen atoms in total. The van der Waals surface area contributed by atoms with Gasteiger partial charge in [-0.1, -0.05) is 13.0 Å². The molecular weight excluding hydrogens is 260 g/mol. The van der Waals surface area contributed by atoms with Crippen molar-refractivity contribution < 1.29 is 14.4 Å². The number of nitro benzene ring substituents is 1. The number of hydrogen-bond donors (Lipinski definition) is 1. The summed E-state index contributed by atoms with van der Waals surface area (Å²) in [5, 5.41) is 14.2. The molecule has 0 aliphatic rings. The predicted molar refractivity (Wildman–Crippen MR) is 77.1 cm³/mol. The van der Waals surface area contributed by atoms with Crippen LogP contribution in [-0.2, 0) is 11.3 Å².